The number of hydrogen-bond acceptors (Lipinski definition) is 0. The summed E-state index contributed by atoms with van der Waals surface area (Å²) in [6.45, 7) is 0. The van der Waals surface area contributed by atoms with Crippen LogP contribution in [0.5, 0.6) is 0 Å². The van der Waals surface area contributed by atoms with Crippen LogP contribution in [0.25, 0.3) is 32.7 Å². The van der Waals surface area contributed by atoms with Crippen molar-refractivity contribution in [3.05, 3.63) is 58.0 Å². The molecule has 0 bridgehead atoms. The number of rotatable bonds is 0. The average Bonchev–Trinajstić information content (AvgIpc) is 2.75. The van der Waals surface area contributed by atoms with E-state index in [9.17, 15) is 0 Å². The molecule has 0 saturated carbocycles. The standard InChI is InChI=1S/C28H18/c1-5-19(6-2)27-23-15-11-12-16-24(23)28(20(7-3)8-4)26-18-22-14-10-9-13-21(22)17-25(26)27/h1-4,11-12,15-18H,9-10,13-14H2. The molecule has 0 aromatic heterocycles. The van der Waals surface area contributed by atoms with Gasteiger partial charge in [-0.2, -0.15) is 0 Å². The van der Waals surface area contributed by atoms with Crippen LogP contribution < -0.4 is 10.4 Å². The molecule has 0 radical (unpaired) electrons. The highest BCUT2D eigenvalue weighted by Crippen LogP contribution is 2.26. The van der Waals surface area contributed by atoms with E-state index >= 15 is 0 Å². The Morgan fingerprint density at radius 1 is 0.607 bits per heavy atom. The van der Waals surface area contributed by atoms with Crippen molar-refractivity contribution in [1.82, 2.24) is 0 Å². The molecule has 0 N–H and O–H groups in total. The highest BCUT2D eigenvalue weighted by molar-refractivity contribution is 6.06. The Morgan fingerprint density at radius 2 is 1.00 bits per heavy atom. The molecule has 3 aromatic rings. The van der Waals surface area contributed by atoms with Crippen LogP contribution in [0.2, 0.25) is 0 Å². The van der Waals surface area contributed by atoms with E-state index in [1.807, 2.05) is 24.3 Å². The van der Waals surface area contributed by atoms with Crippen LogP contribution in [0.4, 0.5) is 0 Å². The summed E-state index contributed by atoms with van der Waals surface area (Å²) in [7, 11) is 0. The van der Waals surface area contributed by atoms with Crippen molar-refractivity contribution in [1.29, 1.82) is 0 Å². The number of terminal acetylenes is 4. The maximum Gasteiger partial charge on any atom is 0.0823 e. The Hall–Kier alpha value is -3.84. The molecule has 0 nitrogen and oxygen atoms in total. The minimum absolute atomic E-state index is 0.548. The molecule has 0 aliphatic heterocycles. The van der Waals surface area contributed by atoms with Crippen LogP contribution in [-0.4, -0.2) is 0 Å². The van der Waals surface area contributed by atoms with Crippen LogP contribution in [0.15, 0.2) is 36.4 Å². The summed E-state index contributed by atoms with van der Waals surface area (Å²) in [5, 5.41) is 5.86. The van der Waals surface area contributed by atoms with E-state index in [2.05, 4.69) is 35.8 Å². The summed E-state index contributed by atoms with van der Waals surface area (Å²) in [5.41, 5.74) is 3.81. The van der Waals surface area contributed by atoms with E-state index in [-0.39, 0.29) is 0 Å². The van der Waals surface area contributed by atoms with Crippen molar-refractivity contribution >= 4 is 32.7 Å². The summed E-state index contributed by atoms with van der Waals surface area (Å²) in [4.78, 5) is 0. The second-order valence-electron chi connectivity index (χ2n) is 7.00. The first-order valence-corrected chi connectivity index (χ1v) is 9.34. The van der Waals surface area contributed by atoms with Gasteiger partial charge in [-0.1, -0.05) is 60.1 Å². The fourth-order valence-corrected chi connectivity index (χ4v) is 4.32. The molecule has 0 heteroatoms. The zero-order valence-electron chi connectivity index (χ0n) is 15.6. The summed E-state index contributed by atoms with van der Waals surface area (Å²) >= 11 is 0. The van der Waals surface area contributed by atoms with Crippen LogP contribution >= 0.6 is 0 Å². The molecule has 4 rings (SSSR count). The van der Waals surface area contributed by atoms with Gasteiger partial charge < -0.3 is 0 Å². The zero-order chi connectivity index (χ0) is 19.7. The number of hydrogen-bond donors (Lipinski definition) is 0. The molecule has 0 heterocycles. The Labute approximate surface area is 166 Å². The lowest BCUT2D eigenvalue weighted by Gasteiger charge is -2.18. The van der Waals surface area contributed by atoms with Crippen molar-refractivity contribution in [2.24, 2.45) is 0 Å². The van der Waals surface area contributed by atoms with Gasteiger partial charge >= 0.3 is 0 Å². The Morgan fingerprint density at radius 3 is 1.36 bits per heavy atom. The van der Waals surface area contributed by atoms with Crippen molar-refractivity contribution in [2.45, 2.75) is 25.7 Å². The third-order valence-electron chi connectivity index (χ3n) is 5.56. The maximum absolute atomic E-state index is 5.79. The number of fused-ring (bicyclic) bond motifs is 3. The highest BCUT2D eigenvalue weighted by atomic mass is 14.2. The Kier molecular flexibility index (Phi) is 4.42. The first-order chi connectivity index (χ1) is 13.7. The predicted molar refractivity (Wildman–Crippen MR) is 119 cm³/mol. The van der Waals surface area contributed by atoms with Gasteiger partial charge in [0.05, 0.1) is 11.1 Å². The quantitative estimate of drug-likeness (QED) is 0.426. The number of benzene rings is 3. The largest absolute Gasteiger partial charge is 0.114 e. The van der Waals surface area contributed by atoms with Crippen molar-refractivity contribution < 1.29 is 0 Å². The van der Waals surface area contributed by atoms with Gasteiger partial charge in [0.1, 0.15) is 0 Å². The second kappa shape index (κ2) is 7.05. The molecule has 3 aromatic carbocycles. The minimum atomic E-state index is 0.548. The van der Waals surface area contributed by atoms with Crippen LogP contribution in [0.1, 0.15) is 24.0 Å². The molecule has 0 spiro atoms. The van der Waals surface area contributed by atoms with Gasteiger partial charge in [0.15, 0.2) is 0 Å². The fourth-order valence-electron chi connectivity index (χ4n) is 4.32. The molecule has 0 atom stereocenters. The summed E-state index contributed by atoms with van der Waals surface area (Å²) in [6, 6.07) is 12.5. The lowest BCUT2D eigenvalue weighted by atomic mass is 9.86. The first-order valence-electron chi connectivity index (χ1n) is 9.34. The second-order valence-corrected chi connectivity index (χ2v) is 7.00. The van der Waals surface area contributed by atoms with Gasteiger partial charge in [-0.25, -0.2) is 0 Å². The molecule has 130 valence electrons. The molecule has 0 unspecified atom stereocenters. The van der Waals surface area contributed by atoms with Crippen molar-refractivity contribution in [3.8, 4) is 49.4 Å². The topological polar surface area (TPSA) is 0 Å². The fraction of sp³-hybridized carbons (Fsp3) is 0.143. The van der Waals surface area contributed by atoms with Gasteiger partial charge in [-0.15, -0.1) is 25.7 Å². The molecular formula is C28H18. The monoisotopic (exact) mass is 354 g/mol. The smallest absolute Gasteiger partial charge is 0.0823 e. The van der Waals surface area contributed by atoms with Crippen LogP contribution in [-0.2, 0) is 12.8 Å². The third-order valence-corrected chi connectivity index (χ3v) is 5.56. The molecule has 0 saturated heterocycles. The first kappa shape index (κ1) is 17.6. The zero-order valence-corrected chi connectivity index (χ0v) is 15.6. The van der Waals surface area contributed by atoms with E-state index < -0.39 is 0 Å². The molecule has 0 amide bonds. The summed E-state index contributed by atoms with van der Waals surface area (Å²) in [5.74, 6) is 10.8. The summed E-state index contributed by atoms with van der Waals surface area (Å²) < 4.78 is 0. The average molecular weight is 354 g/mol. The highest BCUT2D eigenvalue weighted by Gasteiger charge is 2.15. The summed E-state index contributed by atoms with van der Waals surface area (Å²) in [6.07, 6.45) is 27.7. The Bertz CT molecular complexity index is 1290. The van der Waals surface area contributed by atoms with Gasteiger partial charge in [0.2, 0.25) is 0 Å². The van der Waals surface area contributed by atoms with E-state index in [1.165, 1.54) is 24.0 Å². The van der Waals surface area contributed by atoms with Crippen LogP contribution in [0.3, 0.4) is 0 Å². The van der Waals surface area contributed by atoms with E-state index in [1.54, 1.807) is 0 Å². The van der Waals surface area contributed by atoms with E-state index in [0.29, 0.717) is 11.1 Å². The number of aryl methyl sites for hydroxylation is 2. The lowest BCUT2D eigenvalue weighted by molar-refractivity contribution is 0.687. The third kappa shape index (κ3) is 2.57. The van der Waals surface area contributed by atoms with Gasteiger partial charge in [-0.05, 0) is 58.4 Å². The molecule has 28 heavy (non-hydrogen) atoms. The van der Waals surface area contributed by atoms with Gasteiger partial charge in [-0.3, -0.25) is 0 Å². The van der Waals surface area contributed by atoms with Gasteiger partial charge in [0.25, 0.3) is 0 Å². The SMILES string of the molecule is C#CC(C#C)=c1c2ccccc2c(=C(C#C)C#C)c2cc3c(cc12)CCCC3. The molecule has 1 aliphatic rings. The van der Waals surface area contributed by atoms with Crippen molar-refractivity contribution in [2.75, 3.05) is 0 Å². The minimum Gasteiger partial charge on any atom is -0.114 e. The van der Waals surface area contributed by atoms with Gasteiger partial charge in [0, 0.05) is 10.4 Å². The maximum atomic E-state index is 5.79. The Balaban J connectivity index is 2.48. The van der Waals surface area contributed by atoms with Crippen LogP contribution in [0, 0.1) is 49.4 Å². The molecule has 0 fully saturated rings. The van der Waals surface area contributed by atoms with Crippen molar-refractivity contribution in [3.63, 3.8) is 0 Å². The lowest BCUT2D eigenvalue weighted by Crippen LogP contribution is -2.19. The molecule has 1 aliphatic carbocycles. The van der Waals surface area contributed by atoms with E-state index in [0.717, 1.165) is 44.8 Å². The molecular weight excluding hydrogens is 336 g/mol. The van der Waals surface area contributed by atoms with E-state index in [4.69, 9.17) is 25.7 Å². The predicted octanol–water partition coefficient (Wildman–Crippen LogP) is 3.71. The normalized spacial score (nSPS) is 12.3.